The van der Waals surface area contributed by atoms with Gasteiger partial charge in [-0.15, -0.1) is 0 Å². The molecule has 0 heterocycles. The fourth-order valence-electron chi connectivity index (χ4n) is 1.76. The van der Waals surface area contributed by atoms with Crippen LogP contribution in [0.5, 0.6) is 0 Å². The predicted octanol–water partition coefficient (Wildman–Crippen LogP) is 0.355. The van der Waals surface area contributed by atoms with Crippen LogP contribution < -0.4 is 0 Å². The minimum Gasteiger partial charge on any atom is -0.463 e. The largest absolute Gasteiger partial charge is 0.463 e. The first-order valence-corrected chi connectivity index (χ1v) is 7.33. The Morgan fingerprint density at radius 1 is 1.00 bits per heavy atom. The number of ether oxygens (including phenoxy) is 1. The van der Waals surface area contributed by atoms with Crippen LogP contribution in [0.15, 0.2) is 0 Å². The summed E-state index contributed by atoms with van der Waals surface area (Å²) < 4.78 is 4.81. The van der Waals surface area contributed by atoms with Crippen LogP contribution in [-0.2, 0) is 9.53 Å². The lowest BCUT2D eigenvalue weighted by molar-refractivity contribution is -0.152. The smallest absolute Gasteiger partial charge is 0.305 e. The first-order chi connectivity index (χ1) is 9.52. The number of unbranched alkanes of at least 4 members (excludes halogenated alkanes) is 5. The molecule has 0 rings (SSSR count). The Hall–Kier alpha value is -0.690. The van der Waals surface area contributed by atoms with Crippen molar-refractivity contribution in [2.75, 3.05) is 13.2 Å². The SMILES string of the molecule is CCCCCCCCC(=O)OC[C@H](O)[C@@H](O)[C@H](O)CO. The zero-order valence-electron chi connectivity index (χ0n) is 12.2. The molecule has 0 unspecified atom stereocenters. The van der Waals surface area contributed by atoms with Crippen molar-refractivity contribution in [3.63, 3.8) is 0 Å². The van der Waals surface area contributed by atoms with Gasteiger partial charge in [0.1, 0.15) is 24.9 Å². The zero-order chi connectivity index (χ0) is 15.4. The monoisotopic (exact) mass is 292 g/mol. The van der Waals surface area contributed by atoms with Crippen molar-refractivity contribution in [2.24, 2.45) is 0 Å². The molecule has 0 radical (unpaired) electrons. The van der Waals surface area contributed by atoms with E-state index in [1.54, 1.807) is 0 Å². The van der Waals surface area contributed by atoms with Gasteiger partial charge in [-0.1, -0.05) is 39.0 Å². The maximum atomic E-state index is 11.4. The number of hydrogen-bond acceptors (Lipinski definition) is 6. The van der Waals surface area contributed by atoms with Gasteiger partial charge in [0.05, 0.1) is 6.61 Å². The van der Waals surface area contributed by atoms with E-state index >= 15 is 0 Å². The van der Waals surface area contributed by atoms with Gasteiger partial charge >= 0.3 is 5.97 Å². The van der Waals surface area contributed by atoms with E-state index in [0.717, 1.165) is 19.3 Å². The summed E-state index contributed by atoms with van der Waals surface area (Å²) in [6.45, 7) is 1.10. The van der Waals surface area contributed by atoms with Gasteiger partial charge in [-0.2, -0.15) is 0 Å². The first kappa shape index (κ1) is 19.3. The third-order valence-corrected chi connectivity index (χ3v) is 3.13. The van der Waals surface area contributed by atoms with Crippen LogP contribution in [0.2, 0.25) is 0 Å². The van der Waals surface area contributed by atoms with Crippen molar-refractivity contribution in [1.82, 2.24) is 0 Å². The van der Waals surface area contributed by atoms with E-state index in [-0.39, 0.29) is 13.0 Å². The van der Waals surface area contributed by atoms with E-state index in [1.807, 2.05) is 0 Å². The van der Waals surface area contributed by atoms with Crippen LogP contribution in [0.4, 0.5) is 0 Å². The van der Waals surface area contributed by atoms with E-state index in [1.165, 1.54) is 19.3 Å². The highest BCUT2D eigenvalue weighted by Gasteiger charge is 2.25. The molecule has 6 heteroatoms. The van der Waals surface area contributed by atoms with Gasteiger partial charge in [0, 0.05) is 6.42 Å². The molecule has 0 aromatic carbocycles. The maximum absolute atomic E-state index is 11.4. The average Bonchev–Trinajstić information content (AvgIpc) is 2.46. The van der Waals surface area contributed by atoms with Crippen LogP contribution in [0.3, 0.4) is 0 Å². The Labute approximate surface area is 120 Å². The summed E-state index contributed by atoms with van der Waals surface area (Å²) in [4.78, 5) is 11.4. The Balaban J connectivity index is 3.62. The molecule has 0 aromatic rings. The number of aliphatic hydroxyl groups excluding tert-OH is 4. The van der Waals surface area contributed by atoms with E-state index in [9.17, 15) is 15.0 Å². The molecule has 0 spiro atoms. The third kappa shape index (κ3) is 9.25. The maximum Gasteiger partial charge on any atom is 0.305 e. The molecule has 0 aromatic heterocycles. The van der Waals surface area contributed by atoms with Crippen molar-refractivity contribution in [2.45, 2.75) is 70.2 Å². The zero-order valence-corrected chi connectivity index (χ0v) is 12.2. The second-order valence-corrected chi connectivity index (χ2v) is 5.01. The number of esters is 1. The minimum atomic E-state index is -1.53. The molecule has 0 aliphatic carbocycles. The average molecular weight is 292 g/mol. The predicted molar refractivity (Wildman–Crippen MR) is 74.1 cm³/mol. The molecule has 6 nitrogen and oxygen atoms in total. The molecule has 0 aliphatic heterocycles. The summed E-state index contributed by atoms with van der Waals surface area (Å²) in [6.07, 6.45) is 2.32. The fourth-order valence-corrected chi connectivity index (χ4v) is 1.76. The van der Waals surface area contributed by atoms with Crippen molar-refractivity contribution < 1.29 is 30.0 Å². The summed E-state index contributed by atoms with van der Waals surface area (Å²) in [5.74, 6) is -0.426. The Morgan fingerprint density at radius 3 is 2.20 bits per heavy atom. The minimum absolute atomic E-state index is 0.289. The molecule has 0 saturated carbocycles. The number of aliphatic hydroxyl groups is 4. The van der Waals surface area contributed by atoms with E-state index < -0.39 is 30.9 Å². The molecule has 20 heavy (non-hydrogen) atoms. The van der Waals surface area contributed by atoms with Crippen LogP contribution in [0, 0.1) is 0 Å². The van der Waals surface area contributed by atoms with Gasteiger partial charge in [-0.25, -0.2) is 0 Å². The highest BCUT2D eigenvalue weighted by atomic mass is 16.5. The Kier molecular flexibility index (Phi) is 11.7. The van der Waals surface area contributed by atoms with Crippen molar-refractivity contribution in [3.8, 4) is 0 Å². The first-order valence-electron chi connectivity index (χ1n) is 7.33. The molecule has 3 atom stereocenters. The van der Waals surface area contributed by atoms with Crippen LogP contribution in [0.1, 0.15) is 51.9 Å². The van der Waals surface area contributed by atoms with E-state index in [4.69, 9.17) is 14.9 Å². The molecule has 0 saturated heterocycles. The van der Waals surface area contributed by atoms with Gasteiger partial charge in [0.15, 0.2) is 0 Å². The molecule has 4 N–H and O–H groups in total. The van der Waals surface area contributed by atoms with E-state index in [0.29, 0.717) is 0 Å². The number of hydrogen-bond donors (Lipinski definition) is 4. The summed E-state index contributed by atoms with van der Waals surface area (Å²) in [6, 6.07) is 0. The van der Waals surface area contributed by atoms with Crippen molar-refractivity contribution in [3.05, 3.63) is 0 Å². The van der Waals surface area contributed by atoms with E-state index in [2.05, 4.69) is 6.92 Å². The number of rotatable bonds is 12. The standard InChI is InChI=1S/C14H28O6/c1-2-3-4-5-6-7-8-13(18)20-10-12(17)14(19)11(16)9-15/h11-12,14-17,19H,2-10H2,1H3/t11-,12+,14+/m1/s1. The van der Waals surface area contributed by atoms with Gasteiger partial charge in [-0.3, -0.25) is 4.79 Å². The lowest BCUT2D eigenvalue weighted by Crippen LogP contribution is -2.42. The lowest BCUT2D eigenvalue weighted by Gasteiger charge is -2.21. The van der Waals surface area contributed by atoms with Gasteiger partial charge in [-0.05, 0) is 6.42 Å². The van der Waals surface area contributed by atoms with Gasteiger partial charge < -0.3 is 25.2 Å². The van der Waals surface area contributed by atoms with Gasteiger partial charge in [0.25, 0.3) is 0 Å². The normalized spacial score (nSPS) is 15.7. The third-order valence-electron chi connectivity index (χ3n) is 3.13. The Morgan fingerprint density at radius 2 is 1.60 bits per heavy atom. The van der Waals surface area contributed by atoms with Crippen molar-refractivity contribution in [1.29, 1.82) is 0 Å². The lowest BCUT2D eigenvalue weighted by atomic mass is 10.1. The summed E-state index contributed by atoms with van der Waals surface area (Å²) in [5.41, 5.74) is 0. The molecule has 120 valence electrons. The summed E-state index contributed by atoms with van der Waals surface area (Å²) in [5, 5.41) is 36.5. The van der Waals surface area contributed by atoms with Crippen LogP contribution in [0.25, 0.3) is 0 Å². The number of carbonyl (C=O) groups excluding carboxylic acids is 1. The summed E-state index contributed by atoms with van der Waals surface area (Å²) >= 11 is 0. The van der Waals surface area contributed by atoms with Crippen molar-refractivity contribution >= 4 is 5.97 Å². The molecular formula is C14H28O6. The van der Waals surface area contributed by atoms with Gasteiger partial charge in [0.2, 0.25) is 0 Å². The molecular weight excluding hydrogens is 264 g/mol. The summed E-state index contributed by atoms with van der Waals surface area (Å²) in [7, 11) is 0. The molecule has 0 aliphatic rings. The second kappa shape index (κ2) is 12.1. The topological polar surface area (TPSA) is 107 Å². The fraction of sp³-hybridized carbons (Fsp3) is 0.929. The molecule has 0 bridgehead atoms. The highest BCUT2D eigenvalue weighted by Crippen LogP contribution is 2.08. The molecule has 0 amide bonds. The van der Waals surface area contributed by atoms with Crippen LogP contribution >= 0.6 is 0 Å². The highest BCUT2D eigenvalue weighted by molar-refractivity contribution is 5.69. The molecule has 0 fully saturated rings. The van der Waals surface area contributed by atoms with Crippen LogP contribution in [-0.4, -0.2) is 57.9 Å². The number of carbonyl (C=O) groups is 1. The Bertz CT molecular complexity index is 246. The quantitative estimate of drug-likeness (QED) is 0.305. The second-order valence-electron chi connectivity index (χ2n) is 5.01.